The Balaban J connectivity index is 1.87. The van der Waals surface area contributed by atoms with Crippen LogP contribution in [0.1, 0.15) is 48.1 Å². The standard InChI is InChI=1S/C20H27N5O3/c1-11-6-7-24(17(8-11)19(27)28)18(26)10-16-14(4)23-25(15(16)5)20-21-12(2)9-13(3)22-20/h9,11,17H,6-8,10H2,1-5H3,(H,27,28). The number of hydrogen-bond donors (Lipinski definition) is 1. The molecule has 3 rings (SSSR count). The van der Waals surface area contributed by atoms with Gasteiger partial charge in [0.05, 0.1) is 12.1 Å². The van der Waals surface area contributed by atoms with E-state index in [-0.39, 0.29) is 12.3 Å². The summed E-state index contributed by atoms with van der Waals surface area (Å²) in [6, 6.07) is 1.14. The summed E-state index contributed by atoms with van der Waals surface area (Å²) < 4.78 is 1.66. The molecule has 150 valence electrons. The van der Waals surface area contributed by atoms with Gasteiger partial charge in [0.15, 0.2) is 0 Å². The molecule has 8 heteroatoms. The van der Waals surface area contributed by atoms with Gasteiger partial charge in [0.2, 0.25) is 5.91 Å². The zero-order valence-electron chi connectivity index (χ0n) is 17.1. The van der Waals surface area contributed by atoms with Crippen molar-refractivity contribution in [3.05, 3.63) is 34.4 Å². The molecule has 0 aromatic carbocycles. The van der Waals surface area contributed by atoms with E-state index in [2.05, 4.69) is 15.1 Å². The van der Waals surface area contributed by atoms with E-state index in [1.54, 1.807) is 4.68 Å². The van der Waals surface area contributed by atoms with E-state index < -0.39 is 12.0 Å². The van der Waals surface area contributed by atoms with Crippen molar-refractivity contribution >= 4 is 11.9 Å². The van der Waals surface area contributed by atoms with Crippen LogP contribution in [0.5, 0.6) is 0 Å². The van der Waals surface area contributed by atoms with Crippen LogP contribution < -0.4 is 0 Å². The predicted octanol–water partition coefficient (Wildman–Crippen LogP) is 2.15. The molecule has 1 fully saturated rings. The van der Waals surface area contributed by atoms with Crippen LogP contribution in [0.2, 0.25) is 0 Å². The van der Waals surface area contributed by atoms with Gasteiger partial charge in [-0.25, -0.2) is 19.4 Å². The van der Waals surface area contributed by atoms with Gasteiger partial charge < -0.3 is 10.0 Å². The molecule has 0 bridgehead atoms. The lowest BCUT2D eigenvalue weighted by atomic mass is 9.92. The third kappa shape index (κ3) is 3.90. The van der Waals surface area contributed by atoms with E-state index in [0.29, 0.717) is 24.8 Å². The summed E-state index contributed by atoms with van der Waals surface area (Å²) in [5.74, 6) is -0.329. The zero-order valence-corrected chi connectivity index (χ0v) is 17.1. The summed E-state index contributed by atoms with van der Waals surface area (Å²) in [5.41, 5.74) is 4.02. The van der Waals surface area contributed by atoms with Crippen molar-refractivity contribution in [2.24, 2.45) is 5.92 Å². The second-order valence-corrected chi connectivity index (χ2v) is 7.76. The summed E-state index contributed by atoms with van der Waals surface area (Å²) in [5, 5.41) is 14.1. The number of aliphatic carboxylic acids is 1. The second kappa shape index (κ2) is 7.69. The van der Waals surface area contributed by atoms with Crippen LogP contribution in [0.3, 0.4) is 0 Å². The van der Waals surface area contributed by atoms with Crippen molar-refractivity contribution in [2.45, 2.75) is 59.9 Å². The molecule has 0 radical (unpaired) electrons. The first-order valence-corrected chi connectivity index (χ1v) is 9.57. The summed E-state index contributed by atoms with van der Waals surface area (Å²) in [4.78, 5) is 35.0. The summed E-state index contributed by atoms with van der Waals surface area (Å²) >= 11 is 0. The first kappa shape index (κ1) is 20.0. The van der Waals surface area contributed by atoms with Crippen LogP contribution in [-0.4, -0.2) is 54.2 Å². The fourth-order valence-electron chi connectivity index (χ4n) is 3.85. The van der Waals surface area contributed by atoms with Crippen molar-refractivity contribution in [1.29, 1.82) is 0 Å². The Bertz CT molecular complexity index is 901. The summed E-state index contributed by atoms with van der Waals surface area (Å²) in [6.45, 7) is 10.0. The molecule has 2 unspecified atom stereocenters. The highest BCUT2D eigenvalue weighted by Crippen LogP contribution is 2.25. The SMILES string of the molecule is Cc1cc(C)nc(-n2nc(C)c(CC(=O)N3CCC(C)CC3C(=O)O)c2C)n1. The zero-order chi connectivity index (χ0) is 20.6. The molecule has 0 aliphatic carbocycles. The number of amides is 1. The van der Waals surface area contributed by atoms with Gasteiger partial charge in [-0.05, 0) is 52.5 Å². The van der Waals surface area contributed by atoms with Gasteiger partial charge in [-0.2, -0.15) is 5.10 Å². The minimum absolute atomic E-state index is 0.126. The fourth-order valence-corrected chi connectivity index (χ4v) is 3.85. The Hall–Kier alpha value is -2.77. The molecule has 2 aromatic heterocycles. The van der Waals surface area contributed by atoms with Crippen LogP contribution >= 0.6 is 0 Å². The lowest BCUT2D eigenvalue weighted by Gasteiger charge is -2.36. The van der Waals surface area contributed by atoms with Gasteiger partial charge >= 0.3 is 5.97 Å². The maximum Gasteiger partial charge on any atom is 0.326 e. The molecule has 2 atom stereocenters. The molecule has 1 N–H and O–H groups in total. The molecule has 28 heavy (non-hydrogen) atoms. The normalized spacial score (nSPS) is 19.7. The predicted molar refractivity (Wildman–Crippen MR) is 103 cm³/mol. The van der Waals surface area contributed by atoms with Crippen LogP contribution in [0.15, 0.2) is 6.07 Å². The Morgan fingerprint density at radius 3 is 2.43 bits per heavy atom. The van der Waals surface area contributed by atoms with E-state index >= 15 is 0 Å². The molecular formula is C20H27N5O3. The number of aryl methyl sites for hydroxylation is 3. The number of hydrogen-bond acceptors (Lipinski definition) is 5. The monoisotopic (exact) mass is 385 g/mol. The Kier molecular flexibility index (Phi) is 5.49. The van der Waals surface area contributed by atoms with Gasteiger partial charge in [-0.3, -0.25) is 4.79 Å². The fraction of sp³-hybridized carbons (Fsp3) is 0.550. The van der Waals surface area contributed by atoms with Crippen LogP contribution in [0.25, 0.3) is 5.95 Å². The average Bonchev–Trinajstić information content (AvgIpc) is 2.89. The minimum atomic E-state index is -0.937. The number of rotatable bonds is 4. The minimum Gasteiger partial charge on any atom is -0.480 e. The van der Waals surface area contributed by atoms with Crippen molar-refractivity contribution in [1.82, 2.24) is 24.6 Å². The van der Waals surface area contributed by atoms with E-state index in [1.165, 1.54) is 4.90 Å². The van der Waals surface area contributed by atoms with E-state index in [0.717, 1.165) is 34.8 Å². The van der Waals surface area contributed by atoms with E-state index in [9.17, 15) is 14.7 Å². The highest BCUT2D eigenvalue weighted by atomic mass is 16.4. The summed E-state index contributed by atoms with van der Waals surface area (Å²) in [6.07, 6.45) is 1.44. The lowest BCUT2D eigenvalue weighted by Crippen LogP contribution is -2.50. The Morgan fingerprint density at radius 2 is 1.82 bits per heavy atom. The molecule has 1 aliphatic rings. The van der Waals surface area contributed by atoms with E-state index in [4.69, 9.17) is 0 Å². The number of carbonyl (C=O) groups excluding carboxylic acids is 1. The number of carboxylic acid groups (broad SMARTS) is 1. The molecule has 1 aliphatic heterocycles. The Morgan fingerprint density at radius 1 is 1.18 bits per heavy atom. The van der Waals surface area contributed by atoms with Crippen molar-refractivity contribution in [3.63, 3.8) is 0 Å². The Labute approximate surface area is 164 Å². The van der Waals surface area contributed by atoms with Gasteiger partial charge in [0.1, 0.15) is 6.04 Å². The smallest absolute Gasteiger partial charge is 0.326 e. The molecule has 3 heterocycles. The maximum atomic E-state index is 12.9. The first-order chi connectivity index (χ1) is 13.2. The molecule has 8 nitrogen and oxygen atoms in total. The molecule has 2 aromatic rings. The van der Waals surface area contributed by atoms with Crippen LogP contribution in [0.4, 0.5) is 0 Å². The molecule has 1 saturated heterocycles. The van der Waals surface area contributed by atoms with Crippen LogP contribution in [0, 0.1) is 33.6 Å². The third-order valence-corrected chi connectivity index (χ3v) is 5.40. The summed E-state index contributed by atoms with van der Waals surface area (Å²) in [7, 11) is 0. The van der Waals surface area contributed by atoms with Gasteiger partial charge in [-0.15, -0.1) is 0 Å². The highest BCUT2D eigenvalue weighted by Gasteiger charge is 2.35. The van der Waals surface area contributed by atoms with Crippen molar-refractivity contribution in [3.8, 4) is 5.95 Å². The van der Waals surface area contributed by atoms with Gasteiger partial charge in [-0.1, -0.05) is 6.92 Å². The highest BCUT2D eigenvalue weighted by molar-refractivity contribution is 5.85. The topological polar surface area (TPSA) is 101 Å². The third-order valence-electron chi connectivity index (χ3n) is 5.40. The number of carbonyl (C=O) groups is 2. The second-order valence-electron chi connectivity index (χ2n) is 7.76. The molecule has 0 saturated carbocycles. The average molecular weight is 385 g/mol. The maximum absolute atomic E-state index is 12.9. The number of likely N-dealkylation sites (tertiary alicyclic amines) is 1. The quantitative estimate of drug-likeness (QED) is 0.865. The lowest BCUT2D eigenvalue weighted by molar-refractivity contribution is -0.152. The van der Waals surface area contributed by atoms with Crippen molar-refractivity contribution < 1.29 is 14.7 Å². The molecule has 1 amide bonds. The van der Waals surface area contributed by atoms with Gasteiger partial charge in [0.25, 0.3) is 5.95 Å². The van der Waals surface area contributed by atoms with E-state index in [1.807, 2.05) is 40.7 Å². The number of aromatic nitrogens is 4. The largest absolute Gasteiger partial charge is 0.480 e. The molecule has 0 spiro atoms. The van der Waals surface area contributed by atoms with Gasteiger partial charge in [0, 0.05) is 29.2 Å². The first-order valence-electron chi connectivity index (χ1n) is 9.57. The van der Waals surface area contributed by atoms with Crippen LogP contribution in [-0.2, 0) is 16.0 Å². The number of nitrogens with zero attached hydrogens (tertiary/aromatic N) is 5. The molecular weight excluding hydrogens is 358 g/mol. The van der Waals surface area contributed by atoms with Crippen molar-refractivity contribution in [2.75, 3.05) is 6.54 Å². The number of carboxylic acids is 1. The number of piperidine rings is 1.